The van der Waals surface area contributed by atoms with Crippen LogP contribution in [0, 0.1) is 0 Å². The molecule has 0 aliphatic carbocycles. The van der Waals surface area contributed by atoms with Crippen molar-refractivity contribution in [1.29, 1.82) is 0 Å². The monoisotopic (exact) mass is 260 g/mol. The van der Waals surface area contributed by atoms with Gasteiger partial charge in [0.2, 0.25) is 0 Å². The molecule has 1 aromatic heterocycles. The van der Waals surface area contributed by atoms with Crippen LogP contribution in [0.3, 0.4) is 0 Å². The van der Waals surface area contributed by atoms with Gasteiger partial charge in [0.25, 0.3) is 0 Å². The van der Waals surface area contributed by atoms with Crippen LogP contribution >= 0.6 is 0 Å². The van der Waals surface area contributed by atoms with E-state index in [1.165, 1.54) is 4.68 Å². The molecule has 0 radical (unpaired) electrons. The van der Waals surface area contributed by atoms with Gasteiger partial charge in [-0.25, -0.2) is 9.48 Å². The summed E-state index contributed by atoms with van der Waals surface area (Å²) in [6, 6.07) is 7.53. The number of methoxy groups -OCH3 is 1. The van der Waals surface area contributed by atoms with E-state index in [9.17, 15) is 4.79 Å². The molecular formula is C13H16N4O2. The highest BCUT2D eigenvalue weighted by Crippen LogP contribution is 2.15. The van der Waals surface area contributed by atoms with Gasteiger partial charge >= 0.3 is 5.69 Å². The van der Waals surface area contributed by atoms with E-state index < -0.39 is 0 Å². The van der Waals surface area contributed by atoms with Gasteiger partial charge in [0.1, 0.15) is 11.6 Å². The van der Waals surface area contributed by atoms with Crippen LogP contribution in [-0.2, 0) is 13.1 Å². The van der Waals surface area contributed by atoms with Crippen molar-refractivity contribution in [1.82, 2.24) is 14.8 Å². The third kappa shape index (κ3) is 3.25. The summed E-state index contributed by atoms with van der Waals surface area (Å²) in [7, 11) is 1.62. The molecule has 6 heteroatoms. The minimum Gasteiger partial charge on any atom is -0.497 e. The fraction of sp³-hybridized carbons (Fsp3) is 0.231. The van der Waals surface area contributed by atoms with Gasteiger partial charge in [0.15, 0.2) is 0 Å². The quantitative estimate of drug-likeness (QED) is 0.770. The van der Waals surface area contributed by atoms with Crippen molar-refractivity contribution in [2.75, 3.05) is 12.4 Å². The predicted octanol–water partition coefficient (Wildman–Crippen LogP) is 1.38. The van der Waals surface area contributed by atoms with Crippen LogP contribution in [0.25, 0.3) is 0 Å². The molecule has 0 amide bonds. The largest absolute Gasteiger partial charge is 0.497 e. The number of nitrogens with one attached hydrogen (secondary N) is 2. The summed E-state index contributed by atoms with van der Waals surface area (Å²) in [6.45, 7) is 4.43. The topological polar surface area (TPSA) is 71.9 Å². The summed E-state index contributed by atoms with van der Waals surface area (Å²) in [5.41, 5.74) is 0.700. The molecule has 2 N–H and O–H groups in total. The maximum absolute atomic E-state index is 11.5. The summed E-state index contributed by atoms with van der Waals surface area (Å²) >= 11 is 0. The second kappa shape index (κ2) is 5.90. The second-order valence-electron chi connectivity index (χ2n) is 3.93. The molecule has 0 aliphatic heterocycles. The molecule has 100 valence electrons. The van der Waals surface area contributed by atoms with Crippen molar-refractivity contribution in [3.05, 3.63) is 53.2 Å². The van der Waals surface area contributed by atoms with E-state index >= 15 is 0 Å². The van der Waals surface area contributed by atoms with Crippen LogP contribution in [-0.4, -0.2) is 21.9 Å². The number of hydrogen-bond donors (Lipinski definition) is 2. The third-order valence-corrected chi connectivity index (χ3v) is 2.58. The van der Waals surface area contributed by atoms with Crippen molar-refractivity contribution in [3.8, 4) is 5.75 Å². The van der Waals surface area contributed by atoms with E-state index in [1.54, 1.807) is 13.2 Å². The number of allylic oxidation sites excluding steroid dienone is 1. The molecule has 19 heavy (non-hydrogen) atoms. The average Bonchev–Trinajstić information content (AvgIpc) is 2.78. The normalized spacial score (nSPS) is 10.2. The number of anilines is 1. The lowest BCUT2D eigenvalue weighted by molar-refractivity contribution is 0.415. The highest BCUT2D eigenvalue weighted by atomic mass is 16.5. The first kappa shape index (κ1) is 12.9. The molecule has 6 nitrogen and oxygen atoms in total. The number of rotatable bonds is 6. The van der Waals surface area contributed by atoms with Gasteiger partial charge in [0.05, 0.1) is 20.2 Å². The molecule has 2 aromatic rings. The van der Waals surface area contributed by atoms with Gasteiger partial charge in [-0.1, -0.05) is 6.08 Å². The van der Waals surface area contributed by atoms with Crippen LogP contribution in [0.2, 0.25) is 0 Å². The molecule has 0 aliphatic rings. The lowest BCUT2D eigenvalue weighted by Gasteiger charge is -2.05. The molecule has 0 saturated carbocycles. The second-order valence-corrected chi connectivity index (χ2v) is 3.93. The summed E-state index contributed by atoms with van der Waals surface area (Å²) in [6.07, 6.45) is 1.63. The smallest absolute Gasteiger partial charge is 0.343 e. The van der Waals surface area contributed by atoms with Crippen molar-refractivity contribution in [3.63, 3.8) is 0 Å². The van der Waals surface area contributed by atoms with E-state index in [1.807, 2.05) is 24.3 Å². The van der Waals surface area contributed by atoms with Gasteiger partial charge in [-0.2, -0.15) is 5.10 Å². The molecule has 1 aromatic carbocycles. The number of H-pyrrole nitrogens is 1. The fourth-order valence-electron chi connectivity index (χ4n) is 1.62. The van der Waals surface area contributed by atoms with E-state index in [0.717, 1.165) is 11.4 Å². The average molecular weight is 260 g/mol. The van der Waals surface area contributed by atoms with Gasteiger partial charge in [-0.3, -0.25) is 4.98 Å². The molecular weight excluding hydrogens is 244 g/mol. The third-order valence-electron chi connectivity index (χ3n) is 2.58. The predicted molar refractivity (Wildman–Crippen MR) is 73.4 cm³/mol. The zero-order chi connectivity index (χ0) is 13.7. The van der Waals surface area contributed by atoms with E-state index in [4.69, 9.17) is 4.74 Å². The van der Waals surface area contributed by atoms with Crippen molar-refractivity contribution in [2.24, 2.45) is 0 Å². The van der Waals surface area contributed by atoms with Gasteiger partial charge in [0, 0.05) is 5.69 Å². The van der Waals surface area contributed by atoms with E-state index in [0.29, 0.717) is 18.9 Å². The first-order valence-electron chi connectivity index (χ1n) is 5.87. The molecule has 0 unspecified atom stereocenters. The van der Waals surface area contributed by atoms with Crippen LogP contribution in [0.15, 0.2) is 41.7 Å². The zero-order valence-corrected chi connectivity index (χ0v) is 10.7. The minimum absolute atomic E-state index is 0.230. The number of aromatic nitrogens is 3. The van der Waals surface area contributed by atoms with Crippen molar-refractivity contribution < 1.29 is 4.74 Å². The molecule has 2 rings (SSSR count). The number of benzene rings is 1. The van der Waals surface area contributed by atoms with Gasteiger partial charge in [-0.05, 0) is 24.3 Å². The van der Waals surface area contributed by atoms with Crippen molar-refractivity contribution in [2.45, 2.75) is 13.1 Å². The number of hydrogen-bond acceptors (Lipinski definition) is 4. The van der Waals surface area contributed by atoms with Gasteiger partial charge in [-0.15, -0.1) is 6.58 Å². The Kier molecular flexibility index (Phi) is 4.02. The SMILES string of the molecule is C=CCn1nc(CNc2ccc(OC)cc2)[nH]c1=O. The summed E-state index contributed by atoms with van der Waals surface area (Å²) in [5.74, 6) is 1.39. The Morgan fingerprint density at radius 1 is 1.47 bits per heavy atom. The maximum atomic E-state index is 11.5. The standard InChI is InChI=1S/C13H16N4O2/c1-3-8-17-13(18)15-12(16-17)9-14-10-4-6-11(19-2)7-5-10/h3-7,14H,1,8-9H2,2H3,(H,15,16,18). The Bertz CT molecular complexity index is 598. The van der Waals surface area contributed by atoms with E-state index in [-0.39, 0.29) is 5.69 Å². The van der Waals surface area contributed by atoms with E-state index in [2.05, 4.69) is 22.0 Å². The summed E-state index contributed by atoms with van der Waals surface area (Å²) < 4.78 is 6.41. The molecule has 0 atom stereocenters. The first-order valence-corrected chi connectivity index (χ1v) is 5.87. The Morgan fingerprint density at radius 3 is 2.84 bits per heavy atom. The molecule has 0 spiro atoms. The number of nitrogens with zero attached hydrogens (tertiary/aromatic N) is 2. The molecule has 0 saturated heterocycles. The summed E-state index contributed by atoms with van der Waals surface area (Å²) in [4.78, 5) is 14.2. The van der Waals surface area contributed by atoms with Crippen molar-refractivity contribution >= 4 is 5.69 Å². The fourth-order valence-corrected chi connectivity index (χ4v) is 1.62. The zero-order valence-electron chi connectivity index (χ0n) is 10.7. The Morgan fingerprint density at radius 2 is 2.21 bits per heavy atom. The Balaban J connectivity index is 1.99. The minimum atomic E-state index is -0.230. The van der Waals surface area contributed by atoms with Crippen LogP contribution in [0.4, 0.5) is 5.69 Å². The highest BCUT2D eigenvalue weighted by molar-refractivity contribution is 5.46. The van der Waals surface area contributed by atoms with Crippen LogP contribution in [0.5, 0.6) is 5.75 Å². The summed E-state index contributed by atoms with van der Waals surface area (Å²) in [5, 5.41) is 7.31. The Labute approximate surface area is 110 Å². The molecule has 0 bridgehead atoms. The first-order chi connectivity index (χ1) is 9.22. The maximum Gasteiger partial charge on any atom is 0.343 e. The highest BCUT2D eigenvalue weighted by Gasteiger charge is 2.03. The lowest BCUT2D eigenvalue weighted by Crippen LogP contribution is -2.16. The van der Waals surface area contributed by atoms with Gasteiger partial charge < -0.3 is 10.1 Å². The lowest BCUT2D eigenvalue weighted by atomic mass is 10.3. The number of aromatic amines is 1. The molecule has 1 heterocycles. The Hall–Kier alpha value is -2.50. The number of ether oxygens (including phenoxy) is 1. The molecule has 0 fully saturated rings. The van der Waals surface area contributed by atoms with Crippen LogP contribution < -0.4 is 15.7 Å². The van der Waals surface area contributed by atoms with Crippen LogP contribution in [0.1, 0.15) is 5.82 Å².